The highest BCUT2D eigenvalue weighted by Crippen LogP contribution is 2.23. The number of nitrogens with one attached hydrogen (secondary N) is 1. The third kappa shape index (κ3) is 5.39. The fraction of sp³-hybridized carbons (Fsp3) is 0.400. The third-order valence-corrected chi connectivity index (χ3v) is 5.91. The van der Waals surface area contributed by atoms with Crippen molar-refractivity contribution in [3.8, 4) is 11.4 Å². The molecule has 2 heterocycles. The van der Waals surface area contributed by atoms with E-state index in [1.807, 2.05) is 49.4 Å². The summed E-state index contributed by atoms with van der Waals surface area (Å²) in [5.41, 5.74) is 3.27. The first-order valence-corrected chi connectivity index (χ1v) is 11.1. The van der Waals surface area contributed by atoms with Crippen LogP contribution in [0.1, 0.15) is 49.2 Å². The lowest BCUT2D eigenvalue weighted by Gasteiger charge is -2.32. The smallest absolute Gasteiger partial charge is 0.241 e. The molecule has 1 aliphatic heterocycles. The summed E-state index contributed by atoms with van der Waals surface area (Å²) >= 11 is 0. The molecule has 2 atom stereocenters. The van der Waals surface area contributed by atoms with E-state index < -0.39 is 0 Å². The van der Waals surface area contributed by atoms with Crippen molar-refractivity contribution in [3.05, 3.63) is 71.6 Å². The Balaban J connectivity index is 1.36. The number of nitrogens with zero attached hydrogens (tertiary/aromatic N) is 3. The molecule has 1 aliphatic rings. The molecule has 1 amide bonds. The summed E-state index contributed by atoms with van der Waals surface area (Å²) < 4.78 is 5.49. The van der Waals surface area contributed by atoms with Crippen molar-refractivity contribution < 1.29 is 9.32 Å². The van der Waals surface area contributed by atoms with Crippen molar-refractivity contribution in [2.75, 3.05) is 13.1 Å². The maximum Gasteiger partial charge on any atom is 0.241 e. The van der Waals surface area contributed by atoms with Gasteiger partial charge in [0.25, 0.3) is 0 Å². The van der Waals surface area contributed by atoms with Gasteiger partial charge < -0.3 is 9.84 Å². The lowest BCUT2D eigenvalue weighted by molar-refractivity contribution is -0.127. The molecule has 1 saturated heterocycles. The van der Waals surface area contributed by atoms with Gasteiger partial charge in [-0.3, -0.25) is 9.69 Å². The Labute approximate surface area is 183 Å². The van der Waals surface area contributed by atoms with E-state index in [4.69, 9.17) is 4.52 Å². The average molecular weight is 419 g/mol. The molecule has 4 rings (SSSR count). The largest absolute Gasteiger partial charge is 0.349 e. The van der Waals surface area contributed by atoms with Gasteiger partial charge in [-0.25, -0.2) is 0 Å². The molecule has 31 heavy (non-hydrogen) atoms. The molecule has 0 bridgehead atoms. The van der Waals surface area contributed by atoms with Crippen molar-refractivity contribution in [1.82, 2.24) is 20.4 Å². The molecule has 0 saturated carbocycles. The number of hydrogen-bond donors (Lipinski definition) is 1. The third-order valence-electron chi connectivity index (χ3n) is 5.91. The van der Waals surface area contributed by atoms with Gasteiger partial charge in [-0.05, 0) is 44.4 Å². The highest BCUT2D eigenvalue weighted by Gasteiger charge is 2.28. The second-order valence-corrected chi connectivity index (χ2v) is 8.34. The fourth-order valence-electron chi connectivity index (χ4n) is 4.22. The molecule has 0 aliphatic carbocycles. The predicted octanol–water partition coefficient (Wildman–Crippen LogP) is 4.52. The van der Waals surface area contributed by atoms with Gasteiger partial charge in [-0.2, -0.15) is 4.98 Å². The first kappa shape index (κ1) is 21.2. The van der Waals surface area contributed by atoms with E-state index in [9.17, 15) is 4.79 Å². The van der Waals surface area contributed by atoms with Crippen molar-refractivity contribution in [2.45, 2.75) is 45.7 Å². The molecule has 2 aromatic carbocycles. The molecule has 6 heteroatoms. The van der Waals surface area contributed by atoms with Gasteiger partial charge in [0.2, 0.25) is 17.6 Å². The Morgan fingerprint density at radius 3 is 2.84 bits per heavy atom. The quantitative estimate of drug-likeness (QED) is 0.611. The van der Waals surface area contributed by atoms with Crippen LogP contribution < -0.4 is 5.32 Å². The SMILES string of the molecule is CCC(NC(=O)C1CCCN(Cc2nc(-c3cccc(C)c3)no2)C1)c1ccccc1. The summed E-state index contributed by atoms with van der Waals surface area (Å²) in [4.78, 5) is 19.8. The Morgan fingerprint density at radius 2 is 2.06 bits per heavy atom. The van der Waals surface area contributed by atoms with Gasteiger partial charge in [-0.1, -0.05) is 66.2 Å². The lowest BCUT2D eigenvalue weighted by atomic mass is 9.95. The van der Waals surface area contributed by atoms with Crippen LogP contribution in [0.15, 0.2) is 59.1 Å². The summed E-state index contributed by atoms with van der Waals surface area (Å²) in [5.74, 6) is 1.31. The first-order valence-electron chi connectivity index (χ1n) is 11.1. The summed E-state index contributed by atoms with van der Waals surface area (Å²) in [6.45, 7) is 6.36. The molecule has 1 N–H and O–H groups in total. The standard InChI is InChI=1S/C25H30N4O2/c1-3-22(19-10-5-4-6-11-19)26-25(30)21-13-8-14-29(16-21)17-23-27-24(28-31-23)20-12-7-9-18(2)15-20/h4-7,9-12,15,21-22H,3,8,13-14,16-17H2,1-2H3,(H,26,30). The van der Waals surface area contributed by atoms with E-state index in [0.717, 1.165) is 42.5 Å². The van der Waals surface area contributed by atoms with Crippen molar-refractivity contribution in [2.24, 2.45) is 5.92 Å². The van der Waals surface area contributed by atoms with E-state index >= 15 is 0 Å². The zero-order chi connectivity index (χ0) is 21.6. The van der Waals surface area contributed by atoms with Gasteiger partial charge in [0, 0.05) is 12.1 Å². The Morgan fingerprint density at radius 1 is 1.23 bits per heavy atom. The van der Waals surface area contributed by atoms with Gasteiger partial charge in [0.1, 0.15) is 0 Å². The lowest BCUT2D eigenvalue weighted by Crippen LogP contribution is -2.43. The van der Waals surface area contributed by atoms with Gasteiger partial charge in [-0.15, -0.1) is 0 Å². The van der Waals surface area contributed by atoms with Crippen LogP contribution in [0, 0.1) is 12.8 Å². The first-order chi connectivity index (χ1) is 15.1. The number of carbonyl (C=O) groups is 1. The van der Waals surface area contributed by atoms with Crippen LogP contribution in [0.5, 0.6) is 0 Å². The van der Waals surface area contributed by atoms with Crippen molar-refractivity contribution >= 4 is 5.91 Å². The van der Waals surface area contributed by atoms with Gasteiger partial charge in [0.05, 0.1) is 18.5 Å². The molecule has 0 spiro atoms. The van der Waals surface area contributed by atoms with Crippen LogP contribution in [0.25, 0.3) is 11.4 Å². The minimum absolute atomic E-state index is 0.0225. The van der Waals surface area contributed by atoms with E-state index in [1.54, 1.807) is 0 Å². The van der Waals surface area contributed by atoms with E-state index in [2.05, 4.69) is 39.4 Å². The predicted molar refractivity (Wildman–Crippen MR) is 120 cm³/mol. The van der Waals surface area contributed by atoms with Crippen LogP contribution in [0.4, 0.5) is 0 Å². The van der Waals surface area contributed by atoms with Crippen molar-refractivity contribution in [1.29, 1.82) is 0 Å². The zero-order valence-corrected chi connectivity index (χ0v) is 18.3. The molecule has 1 aromatic heterocycles. The number of piperidine rings is 1. The second kappa shape index (κ2) is 9.88. The number of aryl methyl sites for hydroxylation is 1. The molecule has 2 unspecified atom stereocenters. The highest BCUT2D eigenvalue weighted by atomic mass is 16.5. The highest BCUT2D eigenvalue weighted by molar-refractivity contribution is 5.79. The summed E-state index contributed by atoms with van der Waals surface area (Å²) in [5, 5.41) is 7.39. The van der Waals surface area contributed by atoms with Crippen LogP contribution in [0.2, 0.25) is 0 Å². The Bertz CT molecular complexity index is 1000. The summed E-state index contributed by atoms with van der Waals surface area (Å²) in [6, 6.07) is 18.3. The van der Waals surface area contributed by atoms with E-state index in [1.165, 1.54) is 0 Å². The minimum Gasteiger partial charge on any atom is -0.349 e. The summed E-state index contributed by atoms with van der Waals surface area (Å²) in [7, 11) is 0. The number of benzene rings is 2. The molecular weight excluding hydrogens is 388 g/mol. The van der Waals surface area contributed by atoms with Crippen LogP contribution in [0.3, 0.4) is 0 Å². The molecule has 0 radical (unpaired) electrons. The molecule has 3 aromatic rings. The number of rotatable bonds is 7. The second-order valence-electron chi connectivity index (χ2n) is 8.34. The molecule has 162 valence electrons. The van der Waals surface area contributed by atoms with Crippen LogP contribution in [-0.2, 0) is 11.3 Å². The number of amides is 1. The Kier molecular flexibility index (Phi) is 6.77. The average Bonchev–Trinajstić information content (AvgIpc) is 3.26. The zero-order valence-electron chi connectivity index (χ0n) is 18.3. The van der Waals surface area contributed by atoms with E-state index in [-0.39, 0.29) is 17.9 Å². The maximum atomic E-state index is 13.0. The normalized spacial score (nSPS) is 17.9. The summed E-state index contributed by atoms with van der Waals surface area (Å²) in [6.07, 6.45) is 2.76. The topological polar surface area (TPSA) is 71.3 Å². The number of likely N-dealkylation sites (tertiary alicyclic amines) is 1. The van der Waals surface area contributed by atoms with Crippen molar-refractivity contribution in [3.63, 3.8) is 0 Å². The molecule has 6 nitrogen and oxygen atoms in total. The minimum atomic E-state index is -0.0225. The van der Waals surface area contributed by atoms with Gasteiger partial charge >= 0.3 is 0 Å². The monoisotopic (exact) mass is 418 g/mol. The molecule has 1 fully saturated rings. The number of aromatic nitrogens is 2. The Hall–Kier alpha value is -2.99. The molecular formula is C25H30N4O2. The number of carbonyl (C=O) groups excluding carboxylic acids is 1. The number of hydrogen-bond acceptors (Lipinski definition) is 5. The van der Waals surface area contributed by atoms with Crippen LogP contribution in [-0.4, -0.2) is 34.0 Å². The van der Waals surface area contributed by atoms with E-state index in [0.29, 0.717) is 24.8 Å². The van der Waals surface area contributed by atoms with Crippen LogP contribution >= 0.6 is 0 Å². The maximum absolute atomic E-state index is 13.0. The fourth-order valence-corrected chi connectivity index (χ4v) is 4.22. The van der Waals surface area contributed by atoms with Gasteiger partial charge in [0.15, 0.2) is 0 Å².